The van der Waals surface area contributed by atoms with Crippen LogP contribution in [0, 0.1) is 0 Å². The standard InChI is InChI=1S/C12H17N5O/c18-11(8-16-4-2-1-3-5-16)17-12-10(7-15-17)6-13-9-14-12/h6-7,9,11,18H,1-5,8H2. The quantitative estimate of drug-likeness (QED) is 0.869. The molecule has 3 heterocycles. The summed E-state index contributed by atoms with van der Waals surface area (Å²) in [7, 11) is 0. The molecule has 1 saturated heterocycles. The molecule has 1 N–H and O–H groups in total. The van der Waals surface area contributed by atoms with Crippen molar-refractivity contribution in [2.75, 3.05) is 19.6 Å². The minimum absolute atomic E-state index is 0.612. The van der Waals surface area contributed by atoms with Crippen LogP contribution in [0.2, 0.25) is 0 Å². The number of likely N-dealkylation sites (tertiary alicyclic amines) is 1. The number of rotatable bonds is 3. The van der Waals surface area contributed by atoms with Crippen LogP contribution >= 0.6 is 0 Å². The Hall–Kier alpha value is -1.53. The maximum absolute atomic E-state index is 10.3. The Kier molecular flexibility index (Phi) is 3.21. The number of piperidine rings is 1. The van der Waals surface area contributed by atoms with Gasteiger partial charge in [0.1, 0.15) is 6.33 Å². The van der Waals surface area contributed by atoms with Gasteiger partial charge in [-0.25, -0.2) is 14.6 Å². The monoisotopic (exact) mass is 247 g/mol. The first-order chi connectivity index (χ1) is 8.84. The Labute approximate surface area is 105 Å². The smallest absolute Gasteiger partial charge is 0.163 e. The van der Waals surface area contributed by atoms with Crippen LogP contribution in [0.1, 0.15) is 25.5 Å². The van der Waals surface area contributed by atoms with E-state index in [1.807, 2.05) is 0 Å². The molecule has 0 saturated carbocycles. The van der Waals surface area contributed by atoms with Gasteiger partial charge in [-0.2, -0.15) is 5.10 Å². The van der Waals surface area contributed by atoms with E-state index in [0.717, 1.165) is 18.5 Å². The minimum Gasteiger partial charge on any atom is -0.370 e. The van der Waals surface area contributed by atoms with Crippen molar-refractivity contribution >= 4 is 11.0 Å². The molecule has 0 bridgehead atoms. The molecule has 1 atom stereocenters. The number of hydrogen-bond acceptors (Lipinski definition) is 5. The summed E-state index contributed by atoms with van der Waals surface area (Å²) in [5.74, 6) is 0. The molecule has 1 fully saturated rings. The highest BCUT2D eigenvalue weighted by Crippen LogP contribution is 2.16. The fourth-order valence-corrected chi connectivity index (χ4v) is 2.46. The second-order valence-electron chi connectivity index (χ2n) is 4.73. The number of β-amino-alcohol motifs (C(OH)–C–C–N with tert-alkyl or cyclic N) is 1. The van der Waals surface area contributed by atoms with E-state index < -0.39 is 6.23 Å². The highest BCUT2D eigenvalue weighted by atomic mass is 16.3. The van der Waals surface area contributed by atoms with Crippen molar-refractivity contribution in [3.8, 4) is 0 Å². The summed E-state index contributed by atoms with van der Waals surface area (Å²) in [6.45, 7) is 2.73. The number of aromatic nitrogens is 4. The highest BCUT2D eigenvalue weighted by Gasteiger charge is 2.18. The number of nitrogens with zero attached hydrogens (tertiary/aromatic N) is 5. The van der Waals surface area contributed by atoms with E-state index in [-0.39, 0.29) is 0 Å². The van der Waals surface area contributed by atoms with Crippen LogP contribution in [0.25, 0.3) is 11.0 Å². The van der Waals surface area contributed by atoms with Crippen molar-refractivity contribution in [3.63, 3.8) is 0 Å². The van der Waals surface area contributed by atoms with E-state index >= 15 is 0 Å². The van der Waals surface area contributed by atoms with Crippen LogP contribution in [0.15, 0.2) is 18.7 Å². The molecule has 0 amide bonds. The molecule has 6 heteroatoms. The summed E-state index contributed by atoms with van der Waals surface area (Å²) in [5.41, 5.74) is 0.689. The van der Waals surface area contributed by atoms with Gasteiger partial charge in [0.2, 0.25) is 0 Å². The van der Waals surface area contributed by atoms with E-state index in [0.29, 0.717) is 12.2 Å². The lowest BCUT2D eigenvalue weighted by Gasteiger charge is -2.28. The molecule has 96 valence electrons. The fourth-order valence-electron chi connectivity index (χ4n) is 2.46. The highest BCUT2D eigenvalue weighted by molar-refractivity contribution is 5.72. The molecule has 0 radical (unpaired) electrons. The average Bonchev–Trinajstić information content (AvgIpc) is 2.84. The van der Waals surface area contributed by atoms with E-state index in [2.05, 4.69) is 20.0 Å². The Morgan fingerprint density at radius 3 is 2.89 bits per heavy atom. The Bertz CT molecular complexity index is 520. The first kappa shape index (κ1) is 11.6. The third-order valence-electron chi connectivity index (χ3n) is 3.41. The molecule has 1 aliphatic rings. The lowest BCUT2D eigenvalue weighted by Crippen LogP contribution is -2.35. The molecule has 1 aliphatic heterocycles. The van der Waals surface area contributed by atoms with Crippen molar-refractivity contribution in [2.24, 2.45) is 0 Å². The SMILES string of the molecule is OC(CN1CCCCC1)n1ncc2cncnc21. The molecule has 2 aromatic rings. The molecular weight excluding hydrogens is 230 g/mol. The van der Waals surface area contributed by atoms with Gasteiger partial charge in [-0.05, 0) is 25.9 Å². The molecule has 2 aromatic heterocycles. The largest absolute Gasteiger partial charge is 0.370 e. The van der Waals surface area contributed by atoms with Gasteiger partial charge in [-0.3, -0.25) is 4.90 Å². The molecule has 18 heavy (non-hydrogen) atoms. The zero-order chi connectivity index (χ0) is 12.4. The number of fused-ring (bicyclic) bond motifs is 1. The predicted molar refractivity (Wildman–Crippen MR) is 66.9 cm³/mol. The molecule has 3 rings (SSSR count). The summed E-state index contributed by atoms with van der Waals surface area (Å²) in [6.07, 6.45) is 7.96. The number of hydrogen-bond donors (Lipinski definition) is 1. The van der Waals surface area contributed by atoms with Gasteiger partial charge in [0, 0.05) is 12.7 Å². The normalized spacial score (nSPS) is 19.2. The summed E-state index contributed by atoms with van der Waals surface area (Å²) in [4.78, 5) is 10.4. The molecule has 0 aliphatic carbocycles. The maximum atomic E-state index is 10.3. The third-order valence-corrected chi connectivity index (χ3v) is 3.41. The number of aliphatic hydroxyl groups is 1. The predicted octanol–water partition coefficient (Wildman–Crippen LogP) is 0.803. The van der Waals surface area contributed by atoms with Crippen LogP contribution in [0.5, 0.6) is 0 Å². The van der Waals surface area contributed by atoms with Gasteiger partial charge in [0.15, 0.2) is 11.9 Å². The zero-order valence-corrected chi connectivity index (χ0v) is 10.2. The van der Waals surface area contributed by atoms with Crippen LogP contribution < -0.4 is 0 Å². The van der Waals surface area contributed by atoms with Gasteiger partial charge in [0.25, 0.3) is 0 Å². The van der Waals surface area contributed by atoms with Crippen molar-refractivity contribution in [3.05, 3.63) is 18.7 Å². The molecule has 0 aromatic carbocycles. The molecule has 1 unspecified atom stereocenters. The minimum atomic E-state index is -0.643. The third kappa shape index (κ3) is 2.21. The molecular formula is C12H17N5O. The average molecular weight is 247 g/mol. The molecule has 6 nitrogen and oxygen atoms in total. The summed E-state index contributed by atoms with van der Waals surface area (Å²) in [5, 5.41) is 15.3. The van der Waals surface area contributed by atoms with Crippen molar-refractivity contribution < 1.29 is 5.11 Å². The fraction of sp³-hybridized carbons (Fsp3) is 0.583. The Morgan fingerprint density at radius 2 is 2.06 bits per heavy atom. The van der Waals surface area contributed by atoms with Crippen LogP contribution in [-0.4, -0.2) is 49.4 Å². The number of aliphatic hydroxyl groups excluding tert-OH is 1. The van der Waals surface area contributed by atoms with Crippen molar-refractivity contribution in [1.82, 2.24) is 24.6 Å². The maximum Gasteiger partial charge on any atom is 0.163 e. The van der Waals surface area contributed by atoms with Gasteiger partial charge in [-0.15, -0.1) is 0 Å². The van der Waals surface area contributed by atoms with Crippen LogP contribution in [0.4, 0.5) is 0 Å². The van der Waals surface area contributed by atoms with E-state index in [1.54, 1.807) is 17.1 Å². The van der Waals surface area contributed by atoms with Crippen molar-refractivity contribution in [2.45, 2.75) is 25.5 Å². The lowest BCUT2D eigenvalue weighted by molar-refractivity contribution is 0.0432. The van der Waals surface area contributed by atoms with Gasteiger partial charge < -0.3 is 5.11 Å². The molecule has 0 spiro atoms. The Morgan fingerprint density at radius 1 is 1.22 bits per heavy atom. The summed E-state index contributed by atoms with van der Waals surface area (Å²) in [6, 6.07) is 0. The summed E-state index contributed by atoms with van der Waals surface area (Å²) >= 11 is 0. The first-order valence-corrected chi connectivity index (χ1v) is 6.38. The van der Waals surface area contributed by atoms with Crippen molar-refractivity contribution in [1.29, 1.82) is 0 Å². The second kappa shape index (κ2) is 4.99. The second-order valence-corrected chi connectivity index (χ2v) is 4.73. The van der Waals surface area contributed by atoms with Crippen LogP contribution in [-0.2, 0) is 0 Å². The Balaban J connectivity index is 1.76. The topological polar surface area (TPSA) is 67.1 Å². The van der Waals surface area contributed by atoms with E-state index in [1.165, 1.54) is 25.6 Å². The van der Waals surface area contributed by atoms with Gasteiger partial charge in [-0.1, -0.05) is 6.42 Å². The van der Waals surface area contributed by atoms with E-state index in [4.69, 9.17) is 0 Å². The zero-order valence-electron chi connectivity index (χ0n) is 10.2. The van der Waals surface area contributed by atoms with E-state index in [9.17, 15) is 5.11 Å². The van der Waals surface area contributed by atoms with Gasteiger partial charge in [0.05, 0.1) is 11.6 Å². The van der Waals surface area contributed by atoms with Crippen LogP contribution in [0.3, 0.4) is 0 Å². The lowest BCUT2D eigenvalue weighted by atomic mass is 10.1. The van der Waals surface area contributed by atoms with Gasteiger partial charge >= 0.3 is 0 Å². The summed E-state index contributed by atoms with van der Waals surface area (Å²) < 4.78 is 1.58. The first-order valence-electron chi connectivity index (χ1n) is 6.38.